The summed E-state index contributed by atoms with van der Waals surface area (Å²) in [5.41, 5.74) is 0.895. The average molecular weight is 419 g/mol. The first-order valence-electron chi connectivity index (χ1n) is 7.58. The van der Waals surface area contributed by atoms with Gasteiger partial charge in [-0.25, -0.2) is 0 Å². The van der Waals surface area contributed by atoms with Crippen molar-refractivity contribution in [2.45, 2.75) is 6.54 Å². The van der Waals surface area contributed by atoms with Crippen LogP contribution in [0.1, 0.15) is 5.56 Å². The Morgan fingerprint density at radius 1 is 0.923 bits per heavy atom. The number of methoxy groups -OCH3 is 2. The molecular weight excluding hydrogens is 401 g/mol. The zero-order valence-electron chi connectivity index (χ0n) is 14.5. The third-order valence-corrected chi connectivity index (χ3v) is 4.64. The van der Waals surface area contributed by atoms with E-state index in [1.807, 2.05) is 12.1 Å². The number of nitrogens with zero attached hydrogens (tertiary/aromatic N) is 1. The predicted molar refractivity (Wildman–Crippen MR) is 103 cm³/mol. The van der Waals surface area contributed by atoms with Gasteiger partial charge in [0.25, 0.3) is 5.91 Å². The molecule has 0 aliphatic rings. The lowest BCUT2D eigenvalue weighted by atomic mass is 10.2. The van der Waals surface area contributed by atoms with Gasteiger partial charge >= 0.3 is 0 Å². The Labute approximate surface area is 167 Å². The van der Waals surface area contributed by atoms with Crippen molar-refractivity contribution in [1.82, 2.24) is 4.90 Å². The van der Waals surface area contributed by atoms with Crippen LogP contribution in [0.4, 0.5) is 0 Å². The van der Waals surface area contributed by atoms with E-state index >= 15 is 0 Å². The van der Waals surface area contributed by atoms with E-state index in [0.717, 1.165) is 5.56 Å². The fraction of sp³-hybridized carbons (Fsp3) is 0.278. The van der Waals surface area contributed by atoms with Crippen molar-refractivity contribution >= 4 is 40.7 Å². The van der Waals surface area contributed by atoms with E-state index in [2.05, 4.69) is 0 Å². The molecule has 0 spiro atoms. The molecule has 0 aromatic heterocycles. The first kappa shape index (κ1) is 20.5. The Hall–Kier alpha value is -1.82. The lowest BCUT2D eigenvalue weighted by molar-refractivity contribution is -0.132. The van der Waals surface area contributed by atoms with Gasteiger partial charge in [0.05, 0.1) is 29.3 Å². The zero-order valence-corrected chi connectivity index (χ0v) is 16.8. The van der Waals surface area contributed by atoms with E-state index < -0.39 is 0 Å². The first-order valence-corrected chi connectivity index (χ1v) is 8.71. The number of hydrogen-bond donors (Lipinski definition) is 0. The van der Waals surface area contributed by atoms with Gasteiger partial charge in [0.1, 0.15) is 5.75 Å². The van der Waals surface area contributed by atoms with Gasteiger partial charge in [0.2, 0.25) is 0 Å². The third kappa shape index (κ3) is 5.10. The smallest absolute Gasteiger partial charge is 0.260 e. The monoisotopic (exact) mass is 417 g/mol. The fourth-order valence-electron chi connectivity index (χ4n) is 2.21. The normalized spacial score (nSPS) is 10.4. The van der Waals surface area contributed by atoms with Crippen molar-refractivity contribution in [1.29, 1.82) is 0 Å². The van der Waals surface area contributed by atoms with Crippen LogP contribution in [0.2, 0.25) is 15.1 Å². The van der Waals surface area contributed by atoms with Gasteiger partial charge in [-0.3, -0.25) is 4.79 Å². The molecule has 0 bridgehead atoms. The summed E-state index contributed by atoms with van der Waals surface area (Å²) in [4.78, 5) is 13.8. The van der Waals surface area contributed by atoms with Gasteiger partial charge in [-0.1, -0.05) is 40.9 Å². The lowest BCUT2D eigenvalue weighted by Crippen LogP contribution is -2.31. The molecule has 0 saturated carbocycles. The van der Waals surface area contributed by atoms with Crippen molar-refractivity contribution < 1.29 is 19.0 Å². The molecule has 2 aromatic carbocycles. The number of halogens is 3. The minimum absolute atomic E-state index is 0.179. The minimum atomic E-state index is -0.220. The van der Waals surface area contributed by atoms with Gasteiger partial charge in [0.15, 0.2) is 18.1 Å². The van der Waals surface area contributed by atoms with Gasteiger partial charge in [-0.2, -0.15) is 0 Å². The van der Waals surface area contributed by atoms with Gasteiger partial charge in [-0.15, -0.1) is 0 Å². The molecule has 0 aliphatic heterocycles. The predicted octanol–water partition coefficient (Wildman–Crippen LogP) is 4.70. The largest absolute Gasteiger partial charge is 0.493 e. The van der Waals surface area contributed by atoms with E-state index in [9.17, 15) is 4.79 Å². The Balaban J connectivity index is 1.99. The molecule has 0 atom stereocenters. The summed E-state index contributed by atoms with van der Waals surface area (Å²) in [5.74, 6) is 1.31. The molecule has 2 rings (SSSR count). The van der Waals surface area contributed by atoms with Gasteiger partial charge in [0, 0.05) is 19.7 Å². The van der Waals surface area contributed by atoms with E-state index in [1.54, 1.807) is 27.3 Å². The summed E-state index contributed by atoms with van der Waals surface area (Å²) in [6.07, 6.45) is 0. The van der Waals surface area contributed by atoms with Crippen molar-refractivity contribution in [3.63, 3.8) is 0 Å². The molecule has 5 nitrogen and oxygen atoms in total. The Bertz CT molecular complexity index is 798. The van der Waals surface area contributed by atoms with Crippen LogP contribution in [0, 0.1) is 0 Å². The summed E-state index contributed by atoms with van der Waals surface area (Å²) in [5, 5.41) is 0.910. The summed E-state index contributed by atoms with van der Waals surface area (Å²) in [7, 11) is 4.81. The van der Waals surface area contributed by atoms with Crippen LogP contribution >= 0.6 is 34.8 Å². The highest BCUT2D eigenvalue weighted by Crippen LogP contribution is 2.34. The molecule has 0 saturated heterocycles. The number of carbonyl (C=O) groups excluding carboxylic acids is 1. The van der Waals surface area contributed by atoms with Crippen LogP contribution in [0.15, 0.2) is 30.3 Å². The molecule has 0 unspecified atom stereocenters. The van der Waals surface area contributed by atoms with Crippen molar-refractivity contribution in [3.8, 4) is 17.2 Å². The quantitative estimate of drug-likeness (QED) is 0.611. The molecule has 2 aromatic rings. The second kappa shape index (κ2) is 9.21. The standard InChI is InChI=1S/C18H18Cl3NO4/c1-22(9-11-4-5-15(24-2)17(6-11)25-3)18(23)10-26-16-8-13(20)12(19)7-14(16)21/h4-8H,9-10H2,1-3H3. The number of ether oxygens (including phenoxy) is 3. The molecule has 140 valence electrons. The molecule has 0 N–H and O–H groups in total. The zero-order chi connectivity index (χ0) is 19.3. The van der Waals surface area contributed by atoms with Crippen molar-refractivity contribution in [2.24, 2.45) is 0 Å². The molecule has 0 radical (unpaired) electrons. The minimum Gasteiger partial charge on any atom is -0.493 e. The molecule has 26 heavy (non-hydrogen) atoms. The molecular formula is C18H18Cl3NO4. The van der Waals surface area contributed by atoms with Gasteiger partial charge in [-0.05, 0) is 23.8 Å². The molecule has 8 heteroatoms. The fourth-order valence-corrected chi connectivity index (χ4v) is 2.80. The number of benzene rings is 2. The van der Waals surface area contributed by atoms with Crippen LogP contribution in [-0.4, -0.2) is 38.7 Å². The lowest BCUT2D eigenvalue weighted by Gasteiger charge is -2.19. The highest BCUT2D eigenvalue weighted by molar-refractivity contribution is 6.43. The van der Waals surface area contributed by atoms with Crippen molar-refractivity contribution in [2.75, 3.05) is 27.9 Å². The number of carbonyl (C=O) groups is 1. The van der Waals surface area contributed by atoms with Crippen LogP contribution < -0.4 is 14.2 Å². The number of amides is 1. The highest BCUT2D eigenvalue weighted by Gasteiger charge is 2.14. The van der Waals surface area contributed by atoms with Crippen LogP contribution in [0.25, 0.3) is 0 Å². The maximum atomic E-state index is 12.3. The molecule has 1 amide bonds. The number of likely N-dealkylation sites (N-methyl/N-ethyl adjacent to an activating group) is 1. The van der Waals surface area contributed by atoms with E-state index in [1.165, 1.54) is 17.0 Å². The number of hydrogen-bond acceptors (Lipinski definition) is 4. The van der Waals surface area contributed by atoms with E-state index in [0.29, 0.717) is 33.8 Å². The average Bonchev–Trinajstić information content (AvgIpc) is 2.63. The summed E-state index contributed by atoms with van der Waals surface area (Å²) in [6, 6.07) is 8.42. The van der Waals surface area contributed by atoms with Crippen molar-refractivity contribution in [3.05, 3.63) is 51.0 Å². The van der Waals surface area contributed by atoms with E-state index in [-0.39, 0.29) is 17.5 Å². The summed E-state index contributed by atoms with van der Waals surface area (Å²) < 4.78 is 15.9. The Kier molecular flexibility index (Phi) is 7.26. The van der Waals surface area contributed by atoms with Crippen LogP contribution in [0.5, 0.6) is 17.2 Å². The summed E-state index contributed by atoms with van der Waals surface area (Å²) in [6.45, 7) is 0.207. The second-order valence-electron chi connectivity index (χ2n) is 5.42. The SMILES string of the molecule is COc1ccc(CN(C)C(=O)COc2cc(Cl)c(Cl)cc2Cl)cc1OC. The number of rotatable bonds is 7. The Morgan fingerprint density at radius 3 is 2.23 bits per heavy atom. The van der Waals surface area contributed by atoms with Crippen LogP contribution in [-0.2, 0) is 11.3 Å². The maximum absolute atomic E-state index is 12.3. The second-order valence-corrected chi connectivity index (χ2v) is 6.65. The molecule has 0 fully saturated rings. The summed E-state index contributed by atoms with van der Waals surface area (Å²) >= 11 is 17.8. The maximum Gasteiger partial charge on any atom is 0.260 e. The third-order valence-electron chi connectivity index (χ3n) is 3.62. The highest BCUT2D eigenvalue weighted by atomic mass is 35.5. The first-order chi connectivity index (χ1) is 12.3. The van der Waals surface area contributed by atoms with Crippen LogP contribution in [0.3, 0.4) is 0 Å². The molecule has 0 heterocycles. The Morgan fingerprint density at radius 2 is 1.58 bits per heavy atom. The topological polar surface area (TPSA) is 48.0 Å². The molecule has 0 aliphatic carbocycles. The van der Waals surface area contributed by atoms with E-state index in [4.69, 9.17) is 49.0 Å². The van der Waals surface area contributed by atoms with Gasteiger partial charge < -0.3 is 19.1 Å².